The summed E-state index contributed by atoms with van der Waals surface area (Å²) in [5.41, 5.74) is 1.57. The largest absolute Gasteiger partial charge is 0.463 e. The molecular formula is C33H53N5O3. The van der Waals surface area contributed by atoms with Crippen molar-refractivity contribution >= 4 is 11.9 Å². The van der Waals surface area contributed by atoms with Gasteiger partial charge in [0.1, 0.15) is 6.61 Å². The minimum Gasteiger partial charge on any atom is -0.463 e. The third kappa shape index (κ3) is 4.01. The van der Waals surface area contributed by atoms with Crippen LogP contribution in [0.1, 0.15) is 106 Å². The van der Waals surface area contributed by atoms with Gasteiger partial charge in [0.2, 0.25) is 0 Å². The molecule has 1 heterocycles. The van der Waals surface area contributed by atoms with Gasteiger partial charge in [-0.25, -0.2) is 0 Å². The second kappa shape index (κ2) is 9.78. The molecule has 5 aliphatic rings. The van der Waals surface area contributed by atoms with Crippen molar-refractivity contribution < 1.29 is 14.6 Å². The second-order valence-electron chi connectivity index (χ2n) is 16.0. The Hall–Kier alpha value is -1.96. The first-order chi connectivity index (χ1) is 19.3. The molecule has 0 radical (unpaired) electrons. The summed E-state index contributed by atoms with van der Waals surface area (Å²) in [7, 11) is 0. The van der Waals surface area contributed by atoms with Gasteiger partial charge >= 0.3 is 5.97 Å². The number of hydrogen-bond acceptors (Lipinski definition) is 7. The molecule has 5 aliphatic carbocycles. The van der Waals surface area contributed by atoms with Gasteiger partial charge in [-0.2, -0.15) is 5.21 Å². The van der Waals surface area contributed by atoms with Crippen molar-refractivity contribution in [1.29, 1.82) is 0 Å². The molecule has 3 N–H and O–H groups in total. The standard InChI is InChI=1S/C33H53N5O3/c1-20-10-15-33(27(40)41-19-18-34-28-35-37-38-36-28)17-16-31(6)22(26(33)21(20)2)8-9-24-30(5)13-12-25(39)29(3,4)23(30)11-14-32(24,31)7/h8,20-21,23-26,39H,9-19H2,1-7H3,(H2,34,35,36,37,38)/t20-,21+,23+,24-,25+,26+,30+,31-,32-,33+/m1/s1. The van der Waals surface area contributed by atoms with Crippen LogP contribution in [0, 0.1) is 56.7 Å². The molecule has 8 nitrogen and oxygen atoms in total. The highest BCUT2D eigenvalue weighted by molar-refractivity contribution is 5.79. The van der Waals surface area contributed by atoms with Gasteiger partial charge in [0.05, 0.1) is 18.1 Å². The van der Waals surface area contributed by atoms with Gasteiger partial charge in [-0.05, 0) is 114 Å². The smallest absolute Gasteiger partial charge is 0.312 e. The van der Waals surface area contributed by atoms with E-state index in [-0.39, 0.29) is 39.7 Å². The fourth-order valence-electron chi connectivity index (χ4n) is 11.5. The Kier molecular flexibility index (Phi) is 6.95. The summed E-state index contributed by atoms with van der Waals surface area (Å²) >= 11 is 0. The Labute approximate surface area is 246 Å². The number of carbonyl (C=O) groups is 1. The van der Waals surface area contributed by atoms with Crippen LogP contribution < -0.4 is 5.32 Å². The number of aromatic nitrogens is 4. The number of esters is 1. The highest BCUT2D eigenvalue weighted by Gasteiger charge is 2.69. The summed E-state index contributed by atoms with van der Waals surface area (Å²) < 4.78 is 6.05. The van der Waals surface area contributed by atoms with Crippen LogP contribution in [0.5, 0.6) is 0 Å². The van der Waals surface area contributed by atoms with Crippen molar-refractivity contribution in [3.8, 4) is 0 Å². The molecule has 8 heteroatoms. The molecule has 0 amide bonds. The van der Waals surface area contributed by atoms with Gasteiger partial charge in [0, 0.05) is 0 Å². The number of carbonyl (C=O) groups excluding carboxylic acids is 1. The number of tetrazole rings is 1. The maximum atomic E-state index is 14.1. The Bertz CT molecular complexity index is 1180. The number of nitrogens with zero attached hydrogens (tertiary/aromatic N) is 3. The zero-order valence-corrected chi connectivity index (χ0v) is 26.4. The predicted molar refractivity (Wildman–Crippen MR) is 159 cm³/mol. The van der Waals surface area contributed by atoms with Crippen LogP contribution in [0.15, 0.2) is 11.6 Å². The van der Waals surface area contributed by atoms with Crippen molar-refractivity contribution in [3.05, 3.63) is 11.6 Å². The van der Waals surface area contributed by atoms with E-state index < -0.39 is 5.41 Å². The number of aliphatic hydroxyl groups is 1. The van der Waals surface area contributed by atoms with Crippen molar-refractivity contribution in [2.24, 2.45) is 56.7 Å². The number of ether oxygens (including phenoxy) is 1. The number of H-pyrrole nitrogens is 1. The van der Waals surface area contributed by atoms with Gasteiger partial charge in [-0.3, -0.25) is 4.79 Å². The SMILES string of the molecule is C[C@H]1[C@H](C)CC[C@]2(C(=O)OCCNc3nn[nH]n3)CC[C@]3(C)C(=CC[C@@H]4[C@@]5(C)CC[C@H](O)C(C)(C)[C@@H]5CC[C@]43C)[C@H]12. The van der Waals surface area contributed by atoms with E-state index >= 15 is 0 Å². The molecule has 1 aromatic heterocycles. The van der Waals surface area contributed by atoms with E-state index in [2.05, 4.69) is 80.5 Å². The van der Waals surface area contributed by atoms with Crippen LogP contribution in [0.2, 0.25) is 0 Å². The van der Waals surface area contributed by atoms with Crippen LogP contribution in [0.25, 0.3) is 0 Å². The number of aliphatic hydroxyl groups excluding tert-OH is 1. The quantitative estimate of drug-likeness (QED) is 0.221. The zero-order chi connectivity index (χ0) is 29.4. The molecule has 0 bridgehead atoms. The maximum Gasteiger partial charge on any atom is 0.312 e. The topological polar surface area (TPSA) is 113 Å². The van der Waals surface area contributed by atoms with Gasteiger partial charge < -0.3 is 15.2 Å². The lowest BCUT2D eigenvalue weighted by molar-refractivity contribution is -0.207. The zero-order valence-electron chi connectivity index (χ0n) is 26.4. The van der Waals surface area contributed by atoms with E-state index in [0.717, 1.165) is 44.9 Å². The Morgan fingerprint density at radius 1 is 1.05 bits per heavy atom. The van der Waals surface area contributed by atoms with Gasteiger partial charge in [0.15, 0.2) is 0 Å². The molecule has 10 atom stereocenters. The molecule has 228 valence electrons. The van der Waals surface area contributed by atoms with E-state index in [1.54, 1.807) is 5.57 Å². The predicted octanol–water partition coefficient (Wildman–Crippen LogP) is 6.17. The van der Waals surface area contributed by atoms with Crippen molar-refractivity contribution in [2.75, 3.05) is 18.5 Å². The van der Waals surface area contributed by atoms with E-state index in [4.69, 9.17) is 4.74 Å². The lowest BCUT2D eigenvalue weighted by atomic mass is 9.33. The number of hydrogen-bond donors (Lipinski definition) is 3. The van der Waals surface area contributed by atoms with Crippen LogP contribution >= 0.6 is 0 Å². The minimum absolute atomic E-state index is 0.00919. The average Bonchev–Trinajstić information content (AvgIpc) is 3.45. The summed E-state index contributed by atoms with van der Waals surface area (Å²) in [6.07, 6.45) is 11.9. The second-order valence-corrected chi connectivity index (χ2v) is 16.0. The molecule has 41 heavy (non-hydrogen) atoms. The molecule has 0 saturated heterocycles. The number of fused-ring (bicyclic) bond motifs is 7. The lowest BCUT2D eigenvalue weighted by Gasteiger charge is -2.71. The Morgan fingerprint density at radius 2 is 1.83 bits per heavy atom. The summed E-state index contributed by atoms with van der Waals surface area (Å²) in [6.45, 7) is 17.9. The molecule has 0 aliphatic heterocycles. The molecule has 0 unspecified atom stereocenters. The lowest BCUT2D eigenvalue weighted by Crippen LogP contribution is -2.65. The van der Waals surface area contributed by atoms with Crippen molar-refractivity contribution in [1.82, 2.24) is 20.6 Å². The van der Waals surface area contributed by atoms with Crippen LogP contribution in [0.4, 0.5) is 5.95 Å². The normalized spacial score (nSPS) is 46.7. The number of nitrogens with one attached hydrogen (secondary N) is 2. The van der Waals surface area contributed by atoms with E-state index in [1.807, 2.05) is 0 Å². The summed E-state index contributed by atoms with van der Waals surface area (Å²) in [4.78, 5) is 14.1. The maximum absolute atomic E-state index is 14.1. The van der Waals surface area contributed by atoms with Gasteiger partial charge in [-0.15, -0.1) is 5.10 Å². The number of allylic oxidation sites excluding steroid dienone is 2. The molecule has 6 rings (SSSR count). The first kappa shape index (κ1) is 29.1. The summed E-state index contributed by atoms with van der Waals surface area (Å²) in [5, 5.41) is 27.9. The third-order valence-electron chi connectivity index (χ3n) is 14.3. The number of anilines is 1. The summed E-state index contributed by atoms with van der Waals surface area (Å²) in [5.74, 6) is 2.81. The molecule has 1 aromatic rings. The fraction of sp³-hybridized carbons (Fsp3) is 0.879. The number of rotatable bonds is 5. The number of aromatic amines is 1. The average molecular weight is 568 g/mol. The molecule has 4 fully saturated rings. The minimum atomic E-state index is -0.440. The molecule has 0 aromatic carbocycles. The molecule has 0 spiro atoms. The first-order valence-corrected chi connectivity index (χ1v) is 16.3. The highest BCUT2D eigenvalue weighted by Crippen LogP contribution is 2.75. The summed E-state index contributed by atoms with van der Waals surface area (Å²) in [6, 6.07) is 0. The van der Waals surface area contributed by atoms with Gasteiger partial charge in [0.25, 0.3) is 5.95 Å². The highest BCUT2D eigenvalue weighted by atomic mass is 16.5. The van der Waals surface area contributed by atoms with Crippen LogP contribution in [-0.2, 0) is 9.53 Å². The third-order valence-corrected chi connectivity index (χ3v) is 14.3. The molecular weight excluding hydrogens is 514 g/mol. The van der Waals surface area contributed by atoms with E-state index in [0.29, 0.717) is 42.8 Å². The monoisotopic (exact) mass is 567 g/mol. The fourth-order valence-corrected chi connectivity index (χ4v) is 11.5. The van der Waals surface area contributed by atoms with Crippen LogP contribution in [0.3, 0.4) is 0 Å². The van der Waals surface area contributed by atoms with Gasteiger partial charge in [-0.1, -0.05) is 65.2 Å². The van der Waals surface area contributed by atoms with Crippen LogP contribution in [-0.4, -0.2) is 51.0 Å². The Balaban J connectivity index is 1.31. The Morgan fingerprint density at radius 3 is 2.56 bits per heavy atom. The first-order valence-electron chi connectivity index (χ1n) is 16.3. The van der Waals surface area contributed by atoms with Crippen molar-refractivity contribution in [3.63, 3.8) is 0 Å². The van der Waals surface area contributed by atoms with Crippen molar-refractivity contribution in [2.45, 2.75) is 112 Å². The molecule has 4 saturated carbocycles. The van der Waals surface area contributed by atoms with E-state index in [9.17, 15) is 9.90 Å². The van der Waals surface area contributed by atoms with E-state index in [1.165, 1.54) is 12.8 Å².